The third kappa shape index (κ3) is 9.37. The van der Waals surface area contributed by atoms with E-state index < -0.39 is 0 Å². The Morgan fingerprint density at radius 2 is 2.04 bits per heavy atom. The van der Waals surface area contributed by atoms with E-state index >= 15 is 0 Å². The second-order valence-corrected chi connectivity index (χ2v) is 5.11. The highest BCUT2D eigenvalue weighted by Gasteiger charge is 2.03. The maximum atomic E-state index is 13.1. The number of rotatable bonds is 7. The number of hydrogen-bond acceptors (Lipinski definition) is 2. The van der Waals surface area contributed by atoms with Gasteiger partial charge in [-0.1, -0.05) is 12.1 Å². The zero-order valence-electron chi connectivity index (χ0n) is 13.9. The molecule has 1 aromatic rings. The van der Waals surface area contributed by atoms with Crippen molar-refractivity contribution in [3.05, 3.63) is 35.6 Å². The van der Waals surface area contributed by atoms with E-state index in [4.69, 9.17) is 0 Å². The highest BCUT2D eigenvalue weighted by molar-refractivity contribution is 14.0. The summed E-state index contributed by atoms with van der Waals surface area (Å²) in [6.45, 7) is 3.81. The third-order valence-corrected chi connectivity index (χ3v) is 3.03. The second kappa shape index (κ2) is 12.1. The molecule has 0 heterocycles. The maximum Gasteiger partial charge on any atom is 0.223 e. The standard InChI is InChI=1S/C16H25FN4O.HI/c1-4-18-16(20-11-9-15(22)21(2)3)19-10-8-13-6-5-7-14(17)12-13;/h5-7,12H,4,8-11H2,1-3H3,(H2,18,19,20);1H. The highest BCUT2D eigenvalue weighted by atomic mass is 127. The smallest absolute Gasteiger partial charge is 0.223 e. The molecule has 0 saturated carbocycles. The van der Waals surface area contributed by atoms with Crippen LogP contribution >= 0.6 is 24.0 Å². The topological polar surface area (TPSA) is 56.7 Å². The Bertz CT molecular complexity index is 509. The summed E-state index contributed by atoms with van der Waals surface area (Å²) in [5, 5.41) is 6.31. The van der Waals surface area contributed by atoms with Crippen LogP contribution in [0.15, 0.2) is 29.3 Å². The summed E-state index contributed by atoms with van der Waals surface area (Å²) in [5.74, 6) is 0.505. The highest BCUT2D eigenvalue weighted by Crippen LogP contribution is 2.03. The van der Waals surface area contributed by atoms with Gasteiger partial charge in [0.2, 0.25) is 5.91 Å². The molecule has 1 amide bonds. The molecule has 5 nitrogen and oxygen atoms in total. The van der Waals surface area contributed by atoms with E-state index in [1.54, 1.807) is 25.1 Å². The van der Waals surface area contributed by atoms with Gasteiger partial charge in [0, 0.05) is 33.6 Å². The molecule has 0 aliphatic rings. The Balaban J connectivity index is 0.00000484. The number of benzene rings is 1. The minimum absolute atomic E-state index is 0. The van der Waals surface area contributed by atoms with Crippen molar-refractivity contribution < 1.29 is 9.18 Å². The van der Waals surface area contributed by atoms with Crippen LogP contribution in [0.1, 0.15) is 18.9 Å². The SMILES string of the molecule is CCNC(=NCCC(=O)N(C)C)NCCc1cccc(F)c1.I. The van der Waals surface area contributed by atoms with Crippen molar-refractivity contribution >= 4 is 35.8 Å². The van der Waals surface area contributed by atoms with E-state index in [9.17, 15) is 9.18 Å². The molecule has 2 N–H and O–H groups in total. The molecule has 0 aromatic heterocycles. The van der Waals surface area contributed by atoms with Crippen LogP contribution in [0.2, 0.25) is 0 Å². The van der Waals surface area contributed by atoms with Crippen LogP contribution in [0.4, 0.5) is 4.39 Å². The molecule has 0 radical (unpaired) electrons. The van der Waals surface area contributed by atoms with E-state index in [-0.39, 0.29) is 35.7 Å². The number of aliphatic imine (C=N–C) groups is 1. The van der Waals surface area contributed by atoms with E-state index in [1.165, 1.54) is 12.1 Å². The van der Waals surface area contributed by atoms with E-state index in [2.05, 4.69) is 15.6 Å². The average Bonchev–Trinajstić information content (AvgIpc) is 2.47. The van der Waals surface area contributed by atoms with Gasteiger partial charge in [0.1, 0.15) is 5.82 Å². The summed E-state index contributed by atoms with van der Waals surface area (Å²) in [4.78, 5) is 17.4. The lowest BCUT2D eigenvalue weighted by Crippen LogP contribution is -2.38. The van der Waals surface area contributed by atoms with Crippen LogP contribution in [0.5, 0.6) is 0 Å². The van der Waals surface area contributed by atoms with Crippen molar-refractivity contribution in [1.29, 1.82) is 0 Å². The number of amides is 1. The molecule has 0 aliphatic carbocycles. The first kappa shape index (κ1) is 21.6. The first-order valence-electron chi connectivity index (χ1n) is 7.49. The molecule has 0 spiro atoms. The lowest BCUT2D eigenvalue weighted by atomic mass is 10.1. The Labute approximate surface area is 154 Å². The van der Waals surface area contributed by atoms with Crippen LogP contribution in [-0.4, -0.2) is 50.5 Å². The molecule has 0 bridgehead atoms. The van der Waals surface area contributed by atoms with E-state index in [0.717, 1.165) is 12.1 Å². The molecule has 23 heavy (non-hydrogen) atoms. The predicted octanol–water partition coefficient (Wildman–Crippen LogP) is 2.02. The first-order valence-corrected chi connectivity index (χ1v) is 7.49. The monoisotopic (exact) mass is 436 g/mol. The Kier molecular flexibility index (Phi) is 11.4. The van der Waals surface area contributed by atoms with E-state index in [1.807, 2.05) is 13.0 Å². The zero-order chi connectivity index (χ0) is 16.4. The minimum atomic E-state index is -0.222. The number of guanidine groups is 1. The molecule has 0 unspecified atom stereocenters. The fourth-order valence-corrected chi connectivity index (χ4v) is 1.85. The van der Waals surface area contributed by atoms with Gasteiger partial charge >= 0.3 is 0 Å². The second-order valence-electron chi connectivity index (χ2n) is 5.11. The number of halogens is 2. The molecule has 7 heteroatoms. The predicted molar refractivity (Wildman–Crippen MR) is 103 cm³/mol. The molecule has 0 saturated heterocycles. The number of hydrogen-bond donors (Lipinski definition) is 2. The summed E-state index contributed by atoms with van der Waals surface area (Å²) in [7, 11) is 3.46. The van der Waals surface area contributed by atoms with Crippen LogP contribution in [0.25, 0.3) is 0 Å². The number of carbonyl (C=O) groups is 1. The van der Waals surface area contributed by atoms with Crippen LogP contribution in [0.3, 0.4) is 0 Å². The van der Waals surface area contributed by atoms with Crippen molar-refractivity contribution in [1.82, 2.24) is 15.5 Å². The molecule has 0 fully saturated rings. The molecule has 0 atom stereocenters. The molecule has 130 valence electrons. The van der Waals surface area contributed by atoms with Crippen LogP contribution < -0.4 is 10.6 Å². The fourth-order valence-electron chi connectivity index (χ4n) is 1.85. The van der Waals surface area contributed by atoms with Gasteiger partial charge in [0.05, 0.1) is 6.54 Å². The number of nitrogens with zero attached hydrogens (tertiary/aromatic N) is 2. The maximum absolute atomic E-state index is 13.1. The minimum Gasteiger partial charge on any atom is -0.357 e. The normalized spacial score (nSPS) is 10.7. The lowest BCUT2D eigenvalue weighted by Gasteiger charge is -2.12. The molecule has 1 rings (SSSR count). The van der Waals surface area contributed by atoms with Crippen molar-refractivity contribution in [3.8, 4) is 0 Å². The van der Waals surface area contributed by atoms with E-state index in [0.29, 0.717) is 31.9 Å². The Morgan fingerprint density at radius 3 is 2.65 bits per heavy atom. The van der Waals surface area contributed by atoms with Gasteiger partial charge in [0.15, 0.2) is 5.96 Å². The van der Waals surface area contributed by atoms with Gasteiger partial charge in [-0.05, 0) is 31.0 Å². The van der Waals surface area contributed by atoms with Crippen molar-refractivity contribution in [3.63, 3.8) is 0 Å². The van der Waals surface area contributed by atoms with Gasteiger partial charge in [-0.25, -0.2) is 4.39 Å². The fraction of sp³-hybridized carbons (Fsp3) is 0.500. The van der Waals surface area contributed by atoms with Crippen LogP contribution in [-0.2, 0) is 11.2 Å². The third-order valence-electron chi connectivity index (χ3n) is 3.03. The molecule has 1 aromatic carbocycles. The van der Waals surface area contributed by atoms with Gasteiger partial charge in [0.25, 0.3) is 0 Å². The van der Waals surface area contributed by atoms with Crippen molar-refractivity contribution in [2.24, 2.45) is 4.99 Å². The summed E-state index contributed by atoms with van der Waals surface area (Å²) in [6, 6.07) is 6.56. The van der Waals surface area contributed by atoms with Crippen LogP contribution in [0, 0.1) is 5.82 Å². The summed E-state index contributed by atoms with van der Waals surface area (Å²) in [6.07, 6.45) is 1.09. The Morgan fingerprint density at radius 1 is 1.30 bits per heavy atom. The number of nitrogens with one attached hydrogen (secondary N) is 2. The summed E-state index contributed by atoms with van der Waals surface area (Å²) < 4.78 is 13.1. The van der Waals surface area contributed by atoms with Crippen molar-refractivity contribution in [2.45, 2.75) is 19.8 Å². The molecule has 0 aliphatic heterocycles. The molecular formula is C16H26FIN4O. The largest absolute Gasteiger partial charge is 0.357 e. The van der Waals surface area contributed by atoms with Gasteiger partial charge < -0.3 is 15.5 Å². The van der Waals surface area contributed by atoms with Gasteiger partial charge in [-0.2, -0.15) is 0 Å². The Hall–Kier alpha value is -1.38. The summed E-state index contributed by atoms with van der Waals surface area (Å²) >= 11 is 0. The van der Waals surface area contributed by atoms with Gasteiger partial charge in [-0.3, -0.25) is 9.79 Å². The quantitative estimate of drug-likeness (QED) is 0.391. The lowest BCUT2D eigenvalue weighted by molar-refractivity contribution is -0.128. The van der Waals surface area contributed by atoms with Crippen molar-refractivity contribution in [2.75, 3.05) is 33.7 Å². The first-order chi connectivity index (χ1) is 10.5. The number of carbonyl (C=O) groups excluding carboxylic acids is 1. The zero-order valence-corrected chi connectivity index (χ0v) is 16.3. The summed E-state index contributed by atoms with van der Waals surface area (Å²) in [5.41, 5.74) is 0.936. The average molecular weight is 436 g/mol. The van der Waals surface area contributed by atoms with Gasteiger partial charge in [-0.15, -0.1) is 24.0 Å². The molecular weight excluding hydrogens is 410 g/mol.